The van der Waals surface area contributed by atoms with Crippen molar-refractivity contribution in [2.75, 3.05) is 0 Å². The maximum absolute atomic E-state index is 11.1. The SMILES string of the molecule is Cc1c(C(=O)O)cccc1-c1ccc2ncoc2c1. The molecule has 0 aliphatic rings. The molecule has 0 radical (unpaired) electrons. The number of carboxylic acid groups (broad SMARTS) is 1. The van der Waals surface area contributed by atoms with Crippen LogP contribution in [0.3, 0.4) is 0 Å². The fourth-order valence-corrected chi connectivity index (χ4v) is 2.20. The number of nitrogens with zero attached hydrogens (tertiary/aromatic N) is 1. The van der Waals surface area contributed by atoms with E-state index in [1.165, 1.54) is 6.39 Å². The highest BCUT2D eigenvalue weighted by molar-refractivity contribution is 5.92. The van der Waals surface area contributed by atoms with Gasteiger partial charge in [-0.1, -0.05) is 18.2 Å². The number of hydrogen-bond acceptors (Lipinski definition) is 3. The highest BCUT2D eigenvalue weighted by Crippen LogP contribution is 2.28. The Morgan fingerprint density at radius 1 is 1.26 bits per heavy atom. The molecule has 0 fully saturated rings. The predicted octanol–water partition coefficient (Wildman–Crippen LogP) is 3.50. The third-order valence-electron chi connectivity index (χ3n) is 3.21. The van der Waals surface area contributed by atoms with Gasteiger partial charge in [0.2, 0.25) is 0 Å². The van der Waals surface area contributed by atoms with Gasteiger partial charge in [0.25, 0.3) is 0 Å². The summed E-state index contributed by atoms with van der Waals surface area (Å²) in [5.41, 5.74) is 4.35. The maximum atomic E-state index is 11.1. The smallest absolute Gasteiger partial charge is 0.335 e. The molecule has 94 valence electrons. The van der Waals surface area contributed by atoms with Crippen molar-refractivity contribution in [2.24, 2.45) is 0 Å². The fourth-order valence-electron chi connectivity index (χ4n) is 2.20. The van der Waals surface area contributed by atoms with Crippen molar-refractivity contribution < 1.29 is 14.3 Å². The Labute approximate surface area is 109 Å². The lowest BCUT2D eigenvalue weighted by Crippen LogP contribution is -2.00. The quantitative estimate of drug-likeness (QED) is 0.759. The summed E-state index contributed by atoms with van der Waals surface area (Å²) < 4.78 is 5.27. The summed E-state index contributed by atoms with van der Waals surface area (Å²) in [6, 6.07) is 10.9. The third kappa shape index (κ3) is 1.87. The van der Waals surface area contributed by atoms with Crippen LogP contribution in [0.4, 0.5) is 0 Å². The van der Waals surface area contributed by atoms with E-state index in [0.717, 1.165) is 22.2 Å². The second-order valence-electron chi connectivity index (χ2n) is 4.32. The zero-order valence-electron chi connectivity index (χ0n) is 10.3. The van der Waals surface area contributed by atoms with Crippen LogP contribution in [0.5, 0.6) is 0 Å². The first-order chi connectivity index (χ1) is 9.16. The van der Waals surface area contributed by atoms with E-state index in [1.807, 2.05) is 31.2 Å². The van der Waals surface area contributed by atoms with Crippen molar-refractivity contribution in [1.82, 2.24) is 4.98 Å². The van der Waals surface area contributed by atoms with Crippen LogP contribution < -0.4 is 0 Å². The molecule has 0 unspecified atom stereocenters. The average molecular weight is 253 g/mol. The van der Waals surface area contributed by atoms with Gasteiger partial charge in [-0.25, -0.2) is 9.78 Å². The van der Waals surface area contributed by atoms with Crippen molar-refractivity contribution in [3.63, 3.8) is 0 Å². The topological polar surface area (TPSA) is 63.3 Å². The second kappa shape index (κ2) is 4.24. The molecule has 0 aliphatic heterocycles. The van der Waals surface area contributed by atoms with E-state index >= 15 is 0 Å². The number of benzene rings is 2. The molecule has 4 nitrogen and oxygen atoms in total. The minimum atomic E-state index is -0.917. The zero-order chi connectivity index (χ0) is 13.4. The van der Waals surface area contributed by atoms with E-state index in [2.05, 4.69) is 4.98 Å². The normalized spacial score (nSPS) is 10.8. The molecule has 1 aromatic heterocycles. The van der Waals surface area contributed by atoms with Crippen LogP contribution in [0.25, 0.3) is 22.2 Å². The van der Waals surface area contributed by atoms with E-state index in [1.54, 1.807) is 12.1 Å². The highest BCUT2D eigenvalue weighted by atomic mass is 16.4. The van der Waals surface area contributed by atoms with Crippen molar-refractivity contribution in [1.29, 1.82) is 0 Å². The monoisotopic (exact) mass is 253 g/mol. The van der Waals surface area contributed by atoms with Gasteiger partial charge in [-0.15, -0.1) is 0 Å². The molecule has 0 spiro atoms. The summed E-state index contributed by atoms with van der Waals surface area (Å²) in [4.78, 5) is 15.2. The first-order valence-corrected chi connectivity index (χ1v) is 5.83. The van der Waals surface area contributed by atoms with Crippen molar-refractivity contribution in [3.8, 4) is 11.1 Å². The Hall–Kier alpha value is -2.62. The average Bonchev–Trinajstić information content (AvgIpc) is 2.85. The molecule has 1 N–H and O–H groups in total. The van der Waals surface area contributed by atoms with Crippen LogP contribution in [0, 0.1) is 6.92 Å². The van der Waals surface area contributed by atoms with Crippen LogP contribution in [0.15, 0.2) is 47.2 Å². The number of oxazole rings is 1. The first-order valence-electron chi connectivity index (χ1n) is 5.83. The molecule has 0 amide bonds. The minimum absolute atomic E-state index is 0.315. The minimum Gasteiger partial charge on any atom is -0.478 e. The van der Waals surface area contributed by atoms with E-state index in [9.17, 15) is 4.79 Å². The number of fused-ring (bicyclic) bond motifs is 1. The number of aromatic nitrogens is 1. The molecule has 2 aromatic carbocycles. The Kier molecular flexibility index (Phi) is 2.56. The van der Waals surface area contributed by atoms with Gasteiger partial charge in [0.15, 0.2) is 12.0 Å². The van der Waals surface area contributed by atoms with Gasteiger partial charge in [0.05, 0.1) is 5.56 Å². The van der Waals surface area contributed by atoms with Gasteiger partial charge < -0.3 is 9.52 Å². The van der Waals surface area contributed by atoms with Gasteiger partial charge >= 0.3 is 5.97 Å². The van der Waals surface area contributed by atoms with Crippen LogP contribution in [-0.2, 0) is 0 Å². The lowest BCUT2D eigenvalue weighted by molar-refractivity contribution is 0.0696. The number of aromatic carboxylic acids is 1. The second-order valence-corrected chi connectivity index (χ2v) is 4.32. The maximum Gasteiger partial charge on any atom is 0.335 e. The standard InChI is InChI=1S/C15H11NO3/c1-9-11(3-2-4-12(9)15(17)18)10-5-6-13-14(7-10)19-8-16-13/h2-8H,1H3,(H,17,18). The van der Waals surface area contributed by atoms with E-state index in [4.69, 9.17) is 9.52 Å². The number of carbonyl (C=O) groups is 1. The molecular formula is C15H11NO3. The van der Waals surface area contributed by atoms with Crippen LogP contribution >= 0.6 is 0 Å². The van der Waals surface area contributed by atoms with Gasteiger partial charge in [-0.3, -0.25) is 0 Å². The largest absolute Gasteiger partial charge is 0.478 e. The third-order valence-corrected chi connectivity index (χ3v) is 3.21. The van der Waals surface area contributed by atoms with Crippen molar-refractivity contribution >= 4 is 17.1 Å². The molecule has 0 bridgehead atoms. The molecule has 19 heavy (non-hydrogen) atoms. The molecule has 1 heterocycles. The lowest BCUT2D eigenvalue weighted by Gasteiger charge is -2.08. The number of carboxylic acids is 1. The summed E-state index contributed by atoms with van der Waals surface area (Å²) in [5, 5.41) is 9.15. The lowest BCUT2D eigenvalue weighted by atomic mass is 9.96. The van der Waals surface area contributed by atoms with Crippen LogP contribution in [-0.4, -0.2) is 16.1 Å². The number of rotatable bonds is 2. The Balaban J connectivity index is 2.20. The Morgan fingerprint density at radius 2 is 2.11 bits per heavy atom. The first kappa shape index (κ1) is 11.5. The van der Waals surface area contributed by atoms with Gasteiger partial charge in [-0.2, -0.15) is 0 Å². The summed E-state index contributed by atoms with van der Waals surface area (Å²) in [6.45, 7) is 1.81. The van der Waals surface area contributed by atoms with Crippen molar-refractivity contribution in [3.05, 3.63) is 53.9 Å². The summed E-state index contributed by atoms with van der Waals surface area (Å²) in [6.07, 6.45) is 1.40. The van der Waals surface area contributed by atoms with Crippen LogP contribution in [0.2, 0.25) is 0 Å². The Bertz CT molecular complexity index is 774. The zero-order valence-corrected chi connectivity index (χ0v) is 10.3. The van der Waals surface area contributed by atoms with E-state index in [0.29, 0.717) is 11.1 Å². The fraction of sp³-hybridized carbons (Fsp3) is 0.0667. The molecule has 0 atom stereocenters. The number of hydrogen-bond donors (Lipinski definition) is 1. The van der Waals surface area contributed by atoms with Gasteiger partial charge in [0, 0.05) is 0 Å². The highest BCUT2D eigenvalue weighted by Gasteiger charge is 2.12. The van der Waals surface area contributed by atoms with Crippen LogP contribution in [0.1, 0.15) is 15.9 Å². The molecular weight excluding hydrogens is 242 g/mol. The van der Waals surface area contributed by atoms with Crippen molar-refractivity contribution in [2.45, 2.75) is 6.92 Å². The molecule has 3 rings (SSSR count). The summed E-state index contributed by atoms with van der Waals surface area (Å²) >= 11 is 0. The summed E-state index contributed by atoms with van der Waals surface area (Å²) in [7, 11) is 0. The molecule has 0 saturated carbocycles. The molecule has 0 aliphatic carbocycles. The summed E-state index contributed by atoms with van der Waals surface area (Å²) in [5.74, 6) is -0.917. The van der Waals surface area contributed by atoms with Gasteiger partial charge in [0.1, 0.15) is 5.52 Å². The molecule has 0 saturated heterocycles. The van der Waals surface area contributed by atoms with E-state index < -0.39 is 5.97 Å². The van der Waals surface area contributed by atoms with E-state index in [-0.39, 0.29) is 0 Å². The van der Waals surface area contributed by atoms with Gasteiger partial charge in [-0.05, 0) is 41.8 Å². The molecule has 4 heteroatoms. The Morgan fingerprint density at radius 3 is 2.89 bits per heavy atom. The predicted molar refractivity (Wildman–Crippen MR) is 71.1 cm³/mol. The molecule has 3 aromatic rings.